The second kappa shape index (κ2) is 23.4. The fraction of sp³-hybridized carbons (Fsp3) is 0.333. The summed E-state index contributed by atoms with van der Waals surface area (Å²) in [5.41, 5.74) is 0.975. The molecule has 25 heavy (non-hydrogen) atoms. The van der Waals surface area contributed by atoms with Crippen LogP contribution < -0.4 is 28.5 Å². The minimum atomic E-state index is -1.38. The van der Waals surface area contributed by atoms with Gasteiger partial charge in [0, 0.05) is 88.1 Å². The smallest absolute Gasteiger partial charge is 0.178 e. The van der Waals surface area contributed by atoms with E-state index in [4.69, 9.17) is 20.4 Å². The van der Waals surface area contributed by atoms with Crippen molar-refractivity contribution in [1.29, 1.82) is 0 Å². The molecule has 0 aromatic carbocycles. The number of rotatable bonds is 2. The average Bonchev–Trinajstić information content (AvgIpc) is 2.51. The Morgan fingerprint density at radius 2 is 1.16 bits per heavy atom. The standard InChI is InChI=1S/C7H10NO2.C6H7NO2.CH3I.CH4.HI.2Zr/c1-8-4-2-6(3-5-8)7(9)10;8-6(9)5-1-3-7-4-2-5;1-2;;;;/h2-5,7,9-10H,1H3;1-4,6,8-9H;1H3;1H4;1H;;/q+1;;;;;;/p-1. The van der Waals surface area contributed by atoms with Crippen LogP contribution in [0.2, 0.25) is 0 Å². The number of nitrogens with zero attached hydrogens (tertiary/aromatic N) is 2. The van der Waals surface area contributed by atoms with Crippen LogP contribution in [0.4, 0.5) is 0 Å². The Labute approximate surface area is 218 Å². The quantitative estimate of drug-likeness (QED) is 0.127. The van der Waals surface area contributed by atoms with Crippen LogP contribution in [0, 0.1) is 0 Å². The molecule has 0 bridgehead atoms. The number of aromatic nitrogens is 2. The molecule has 0 unspecified atom stereocenters. The molecule has 2 rings (SSSR count). The normalized spacial score (nSPS) is 8.04. The number of halogens is 2. The topological polar surface area (TPSA) is 97.7 Å². The first-order valence-electron chi connectivity index (χ1n) is 5.96. The minimum Gasteiger partial charge on any atom is -1.00 e. The summed E-state index contributed by atoms with van der Waals surface area (Å²) in [4.78, 5) is 5.68. The molecule has 0 saturated heterocycles. The Bertz CT molecular complexity index is 493. The fourth-order valence-corrected chi connectivity index (χ4v) is 1.22. The Morgan fingerprint density at radius 3 is 1.44 bits per heavy atom. The Balaban J connectivity index is -0.0000000848. The summed E-state index contributed by atoms with van der Waals surface area (Å²) < 4.78 is 1.83. The van der Waals surface area contributed by atoms with E-state index in [1.54, 1.807) is 36.7 Å². The molecule has 0 radical (unpaired) electrons. The van der Waals surface area contributed by atoms with Crippen molar-refractivity contribution < 1.29 is 101 Å². The van der Waals surface area contributed by atoms with Gasteiger partial charge in [0.05, 0.1) is 0 Å². The summed E-state index contributed by atoms with van der Waals surface area (Å²) in [6, 6.07) is 6.41. The number of alkyl halides is 1. The first-order chi connectivity index (χ1) is 10.0. The van der Waals surface area contributed by atoms with Gasteiger partial charge in [0.25, 0.3) is 0 Å². The van der Waals surface area contributed by atoms with Gasteiger partial charge in [-0.05, 0) is 17.1 Å². The van der Waals surface area contributed by atoms with E-state index in [0.29, 0.717) is 11.1 Å². The van der Waals surface area contributed by atoms with Crippen LogP contribution in [-0.4, -0.2) is 30.3 Å². The van der Waals surface area contributed by atoms with Gasteiger partial charge in [-0.1, -0.05) is 30.0 Å². The van der Waals surface area contributed by atoms with Gasteiger partial charge in [-0.2, -0.15) is 0 Å². The summed E-state index contributed by atoms with van der Waals surface area (Å²) in [5.74, 6) is 0. The van der Waals surface area contributed by atoms with Crippen molar-refractivity contribution in [2.45, 2.75) is 20.0 Å². The predicted molar refractivity (Wildman–Crippen MR) is 92.9 cm³/mol. The third-order valence-corrected chi connectivity index (χ3v) is 2.31. The second-order valence-corrected chi connectivity index (χ2v) is 3.82. The van der Waals surface area contributed by atoms with Crippen LogP contribution in [0.3, 0.4) is 0 Å². The van der Waals surface area contributed by atoms with Gasteiger partial charge >= 0.3 is 0 Å². The largest absolute Gasteiger partial charge is 1.00 e. The number of hydrogen-bond acceptors (Lipinski definition) is 5. The first-order valence-corrected chi connectivity index (χ1v) is 8.11. The zero-order valence-electron chi connectivity index (χ0n) is 13.2. The molecule has 0 aliphatic heterocycles. The maximum Gasteiger partial charge on any atom is 0.178 e. The summed E-state index contributed by atoms with van der Waals surface area (Å²) in [6.45, 7) is 0. The monoisotopic (exact) mass is 730 g/mol. The van der Waals surface area contributed by atoms with Crippen molar-refractivity contribution in [2.75, 3.05) is 4.93 Å². The van der Waals surface area contributed by atoms with Gasteiger partial charge < -0.3 is 44.4 Å². The van der Waals surface area contributed by atoms with Crippen LogP contribution in [0.5, 0.6) is 0 Å². The van der Waals surface area contributed by atoms with Crippen molar-refractivity contribution in [3.05, 3.63) is 60.2 Å². The van der Waals surface area contributed by atoms with Gasteiger partial charge in [0.1, 0.15) is 7.05 Å². The average molecular weight is 733 g/mol. The number of aliphatic hydroxyl groups is 4. The van der Waals surface area contributed by atoms with E-state index in [1.165, 1.54) is 12.4 Å². The molecule has 2 aromatic heterocycles. The van der Waals surface area contributed by atoms with Crippen LogP contribution in [-0.2, 0) is 59.5 Å². The molecule has 6 nitrogen and oxygen atoms in total. The van der Waals surface area contributed by atoms with Gasteiger partial charge in [-0.15, -0.1) is 0 Å². The fourth-order valence-electron chi connectivity index (χ4n) is 1.22. The molecule has 2 aromatic rings. The van der Waals surface area contributed by atoms with E-state index in [0.717, 1.165) is 0 Å². The number of pyridine rings is 2. The summed E-state index contributed by atoms with van der Waals surface area (Å²) in [6.07, 6.45) is 3.79. The molecule has 10 heteroatoms. The second-order valence-electron chi connectivity index (χ2n) is 3.82. The summed E-state index contributed by atoms with van der Waals surface area (Å²) >= 11 is 2.15. The third kappa shape index (κ3) is 18.5. The number of aliphatic hydroxyl groups excluding tert-OH is 2. The van der Waals surface area contributed by atoms with Crippen molar-refractivity contribution in [3.63, 3.8) is 0 Å². The number of hydrogen-bond donors (Lipinski definition) is 4. The maximum atomic E-state index is 8.66. The molecule has 0 fully saturated rings. The zero-order chi connectivity index (χ0) is 16.3. The zero-order valence-corrected chi connectivity index (χ0v) is 22.4. The molecule has 0 aliphatic rings. The van der Waals surface area contributed by atoms with Gasteiger partial charge in [-0.3, -0.25) is 4.98 Å². The van der Waals surface area contributed by atoms with E-state index in [2.05, 4.69) is 27.6 Å². The SMILES string of the molecule is C.CI.C[n+]1ccc(C(O)O)cc1.OC(O)c1ccncc1.[I-].[Zr].[Zr]. The molecule has 4 N–H and O–H groups in total. The van der Waals surface area contributed by atoms with E-state index in [1.807, 2.05) is 16.5 Å². The van der Waals surface area contributed by atoms with Gasteiger partial charge in [0.2, 0.25) is 0 Å². The molecular formula is C15H24I2N2O4Zr2. The molecule has 0 amide bonds. The maximum absolute atomic E-state index is 8.66. The molecule has 0 saturated carbocycles. The summed E-state index contributed by atoms with van der Waals surface area (Å²) in [7, 11) is 1.87. The third-order valence-electron chi connectivity index (χ3n) is 2.31. The summed E-state index contributed by atoms with van der Waals surface area (Å²) in [5, 5.41) is 34.4. The molecule has 140 valence electrons. The molecule has 2 heterocycles. The Kier molecular flexibility index (Phi) is 34.8. The van der Waals surface area contributed by atoms with Crippen molar-refractivity contribution in [3.8, 4) is 0 Å². The Morgan fingerprint density at radius 1 is 0.840 bits per heavy atom. The van der Waals surface area contributed by atoms with Crippen molar-refractivity contribution in [2.24, 2.45) is 7.05 Å². The predicted octanol–water partition coefficient (Wildman–Crippen LogP) is -1.75. The molecule has 0 aliphatic carbocycles. The van der Waals surface area contributed by atoms with Crippen molar-refractivity contribution in [1.82, 2.24) is 4.98 Å². The Hall–Kier alpha value is 1.37. The van der Waals surface area contributed by atoms with Gasteiger partial charge in [-0.25, -0.2) is 4.57 Å². The van der Waals surface area contributed by atoms with Gasteiger partial charge in [0.15, 0.2) is 25.0 Å². The van der Waals surface area contributed by atoms with Crippen LogP contribution in [0.1, 0.15) is 31.1 Å². The van der Waals surface area contributed by atoms with Crippen LogP contribution >= 0.6 is 22.6 Å². The molecule has 0 spiro atoms. The van der Waals surface area contributed by atoms with Crippen molar-refractivity contribution >= 4 is 22.6 Å². The van der Waals surface area contributed by atoms with Crippen LogP contribution in [0.25, 0.3) is 0 Å². The first kappa shape index (κ1) is 37.2. The van der Waals surface area contributed by atoms with Crippen LogP contribution in [0.15, 0.2) is 49.1 Å². The molecular weight excluding hydrogens is 708 g/mol. The molecule has 0 atom stereocenters. The van der Waals surface area contributed by atoms with E-state index in [-0.39, 0.29) is 83.8 Å². The minimum absolute atomic E-state index is 0. The van der Waals surface area contributed by atoms with E-state index in [9.17, 15) is 0 Å². The van der Waals surface area contributed by atoms with E-state index < -0.39 is 12.6 Å². The number of aryl methyl sites for hydroxylation is 1. The van der Waals surface area contributed by atoms with E-state index >= 15 is 0 Å².